The Morgan fingerprint density at radius 3 is 2.47 bits per heavy atom. The molecule has 36 heavy (non-hydrogen) atoms. The van der Waals surface area contributed by atoms with E-state index in [1.54, 1.807) is 19.2 Å². The minimum atomic E-state index is -0.666. The van der Waals surface area contributed by atoms with E-state index in [4.69, 9.17) is 4.74 Å². The molecule has 4 aliphatic carbocycles. The van der Waals surface area contributed by atoms with Crippen molar-refractivity contribution in [1.29, 1.82) is 0 Å². The van der Waals surface area contributed by atoms with Gasteiger partial charge in [-0.05, 0) is 104 Å². The average molecular weight is 516 g/mol. The molecule has 7 heteroatoms. The Bertz CT molecular complexity index is 1000. The molecule has 4 saturated carbocycles. The Morgan fingerprint density at radius 1 is 1.06 bits per heavy atom. The number of nitro benzene ring substituents is 1. The van der Waals surface area contributed by atoms with Gasteiger partial charge in [-0.25, -0.2) is 0 Å². The van der Waals surface area contributed by atoms with Crippen LogP contribution in [-0.2, 0) is 9.53 Å². The Morgan fingerprint density at radius 2 is 1.78 bits per heavy atom. The summed E-state index contributed by atoms with van der Waals surface area (Å²) in [7, 11) is 1.69. The normalized spacial score (nSPS) is 41.7. The monoisotopic (exact) mass is 515 g/mol. The summed E-state index contributed by atoms with van der Waals surface area (Å²) >= 11 is 1.51. The summed E-state index contributed by atoms with van der Waals surface area (Å²) < 4.78 is 5.36. The first-order valence-electron chi connectivity index (χ1n) is 13.7. The number of hydrogen-bond acceptors (Lipinski definition) is 6. The van der Waals surface area contributed by atoms with Gasteiger partial charge in [0, 0.05) is 30.1 Å². The SMILES string of the molecule is COCC1(O)CC[C@@]2(C)C(CC[C@H]3[C@@H]4CC[C@H](C(=O)CSc5ccc([N+](=O)[O-])cc5)[C@@]4(C)CC[C@@H]32)C1. The van der Waals surface area contributed by atoms with Crippen molar-refractivity contribution in [2.75, 3.05) is 19.5 Å². The molecule has 1 aromatic carbocycles. The number of benzene rings is 1. The number of nitrogens with zero attached hydrogens (tertiary/aromatic N) is 1. The topological polar surface area (TPSA) is 89.7 Å². The van der Waals surface area contributed by atoms with Crippen LogP contribution in [0.15, 0.2) is 29.2 Å². The molecule has 0 spiro atoms. The molecule has 5 rings (SSSR count). The number of carbonyl (C=O) groups is 1. The molecule has 0 aromatic heterocycles. The summed E-state index contributed by atoms with van der Waals surface area (Å²) in [5, 5.41) is 22.0. The number of thioether (sulfide) groups is 1. The molecule has 8 atom stereocenters. The molecular formula is C29H41NO5S. The maximum absolute atomic E-state index is 13.5. The molecule has 4 aliphatic rings. The second-order valence-corrected chi connectivity index (χ2v) is 13.7. The molecule has 0 amide bonds. The summed E-state index contributed by atoms with van der Waals surface area (Å²) in [6, 6.07) is 6.52. The Balaban J connectivity index is 1.25. The fraction of sp³-hybridized carbons (Fsp3) is 0.759. The van der Waals surface area contributed by atoms with Gasteiger partial charge in [-0.2, -0.15) is 0 Å². The van der Waals surface area contributed by atoms with Gasteiger partial charge in [0.2, 0.25) is 0 Å². The maximum atomic E-state index is 13.5. The van der Waals surface area contributed by atoms with Gasteiger partial charge in [-0.15, -0.1) is 11.8 Å². The Hall–Kier alpha value is -1.44. The van der Waals surface area contributed by atoms with Crippen molar-refractivity contribution in [2.45, 2.75) is 82.1 Å². The summed E-state index contributed by atoms with van der Waals surface area (Å²) in [6.45, 7) is 5.34. The second kappa shape index (κ2) is 9.70. The highest BCUT2D eigenvalue weighted by Gasteiger charge is 2.62. The molecule has 0 saturated heterocycles. The van der Waals surface area contributed by atoms with Gasteiger partial charge in [0.15, 0.2) is 0 Å². The van der Waals surface area contributed by atoms with Crippen LogP contribution in [0.2, 0.25) is 0 Å². The van der Waals surface area contributed by atoms with E-state index >= 15 is 0 Å². The predicted octanol–water partition coefficient (Wildman–Crippen LogP) is 6.29. The third-order valence-corrected chi connectivity index (χ3v) is 12.1. The maximum Gasteiger partial charge on any atom is 0.269 e. The number of aliphatic hydroxyl groups is 1. The highest BCUT2D eigenvalue weighted by Crippen LogP contribution is 2.68. The van der Waals surface area contributed by atoms with Crippen LogP contribution in [0.4, 0.5) is 5.69 Å². The van der Waals surface area contributed by atoms with Crippen molar-refractivity contribution < 1.29 is 19.6 Å². The molecule has 198 valence electrons. The largest absolute Gasteiger partial charge is 0.387 e. The number of carbonyl (C=O) groups excluding carboxylic acids is 1. The zero-order chi connectivity index (χ0) is 25.7. The van der Waals surface area contributed by atoms with E-state index in [0.29, 0.717) is 41.8 Å². The number of methoxy groups -OCH3 is 1. The van der Waals surface area contributed by atoms with Gasteiger partial charge in [-0.3, -0.25) is 14.9 Å². The molecule has 6 nitrogen and oxygen atoms in total. The highest BCUT2D eigenvalue weighted by molar-refractivity contribution is 8.00. The van der Waals surface area contributed by atoms with Crippen LogP contribution < -0.4 is 0 Å². The minimum Gasteiger partial charge on any atom is -0.387 e. The van der Waals surface area contributed by atoms with E-state index in [-0.39, 0.29) is 22.4 Å². The van der Waals surface area contributed by atoms with E-state index in [1.165, 1.54) is 43.2 Å². The molecule has 1 aromatic rings. The lowest BCUT2D eigenvalue weighted by Crippen LogP contribution is -2.56. The highest BCUT2D eigenvalue weighted by atomic mass is 32.2. The van der Waals surface area contributed by atoms with E-state index in [0.717, 1.165) is 43.4 Å². The fourth-order valence-electron chi connectivity index (χ4n) is 9.17. The molecule has 2 unspecified atom stereocenters. The first kappa shape index (κ1) is 26.2. The van der Waals surface area contributed by atoms with Crippen molar-refractivity contribution in [3.05, 3.63) is 34.4 Å². The lowest BCUT2D eigenvalue weighted by molar-refractivity contribution is -0.384. The number of nitro groups is 1. The first-order valence-corrected chi connectivity index (χ1v) is 14.7. The van der Waals surface area contributed by atoms with Gasteiger partial charge < -0.3 is 9.84 Å². The summed E-state index contributed by atoms with van der Waals surface area (Å²) in [5.41, 5.74) is -0.208. The third-order valence-electron chi connectivity index (χ3n) is 11.1. The van der Waals surface area contributed by atoms with Crippen LogP contribution in [0.5, 0.6) is 0 Å². The quantitative estimate of drug-likeness (QED) is 0.261. The van der Waals surface area contributed by atoms with Crippen LogP contribution in [0.1, 0.15) is 71.6 Å². The molecule has 0 bridgehead atoms. The van der Waals surface area contributed by atoms with Crippen molar-refractivity contribution in [1.82, 2.24) is 0 Å². The van der Waals surface area contributed by atoms with Crippen LogP contribution in [0, 0.1) is 50.5 Å². The fourth-order valence-corrected chi connectivity index (χ4v) is 10.0. The van der Waals surface area contributed by atoms with Gasteiger partial charge in [0.25, 0.3) is 5.69 Å². The van der Waals surface area contributed by atoms with E-state index in [1.807, 2.05) is 0 Å². The predicted molar refractivity (Wildman–Crippen MR) is 141 cm³/mol. The van der Waals surface area contributed by atoms with Gasteiger partial charge >= 0.3 is 0 Å². The summed E-state index contributed by atoms with van der Waals surface area (Å²) in [4.78, 5) is 24.9. The number of rotatable bonds is 7. The lowest BCUT2D eigenvalue weighted by atomic mass is 9.44. The number of fused-ring (bicyclic) bond motifs is 5. The van der Waals surface area contributed by atoms with Crippen LogP contribution in [0.25, 0.3) is 0 Å². The Labute approximate surface area is 219 Å². The smallest absolute Gasteiger partial charge is 0.269 e. The number of ether oxygens (including phenoxy) is 1. The molecular weight excluding hydrogens is 474 g/mol. The average Bonchev–Trinajstić information content (AvgIpc) is 3.21. The zero-order valence-electron chi connectivity index (χ0n) is 21.9. The van der Waals surface area contributed by atoms with Gasteiger partial charge in [0.05, 0.1) is 22.9 Å². The zero-order valence-corrected chi connectivity index (χ0v) is 22.7. The molecule has 0 radical (unpaired) electrons. The second-order valence-electron chi connectivity index (χ2n) is 12.7. The molecule has 4 fully saturated rings. The number of hydrogen-bond donors (Lipinski definition) is 1. The third kappa shape index (κ3) is 4.43. The number of non-ortho nitro benzene ring substituents is 1. The van der Waals surface area contributed by atoms with E-state index < -0.39 is 10.5 Å². The van der Waals surface area contributed by atoms with E-state index in [9.17, 15) is 20.0 Å². The van der Waals surface area contributed by atoms with Crippen LogP contribution in [-0.4, -0.2) is 40.9 Å². The van der Waals surface area contributed by atoms with Crippen molar-refractivity contribution in [2.24, 2.45) is 40.4 Å². The molecule has 0 aliphatic heterocycles. The Kier molecular flexibility index (Phi) is 7.05. The molecule has 1 N–H and O–H groups in total. The van der Waals surface area contributed by atoms with Gasteiger partial charge in [0.1, 0.15) is 5.78 Å². The van der Waals surface area contributed by atoms with E-state index in [2.05, 4.69) is 13.8 Å². The summed E-state index contributed by atoms with van der Waals surface area (Å²) in [6.07, 6.45) is 9.68. The molecule has 0 heterocycles. The summed E-state index contributed by atoms with van der Waals surface area (Å²) in [5.74, 6) is 3.49. The lowest BCUT2D eigenvalue weighted by Gasteiger charge is -2.62. The van der Waals surface area contributed by atoms with Gasteiger partial charge in [-0.1, -0.05) is 13.8 Å². The standard InChI is InChI=1S/C29H41NO5S/c1-27-14-15-29(32,18-35-3)16-19(27)4-9-22-23-10-11-25(28(23,2)13-12-24(22)27)26(31)17-36-21-7-5-20(6-8-21)30(33)34/h5-8,19,22-25,32H,4,9-18H2,1-3H3/t19?,22-,23-,24-,25+,27-,28-,29?/m0/s1. The first-order chi connectivity index (χ1) is 17.1. The van der Waals surface area contributed by atoms with Crippen molar-refractivity contribution in [3.8, 4) is 0 Å². The van der Waals surface area contributed by atoms with Crippen molar-refractivity contribution >= 4 is 23.2 Å². The number of Topliss-reactive ketones (excluding diaryl/α,β-unsaturated/α-hetero) is 1. The van der Waals surface area contributed by atoms with Crippen LogP contribution >= 0.6 is 11.8 Å². The van der Waals surface area contributed by atoms with Crippen LogP contribution in [0.3, 0.4) is 0 Å². The van der Waals surface area contributed by atoms with Crippen molar-refractivity contribution in [3.63, 3.8) is 0 Å². The minimum absolute atomic E-state index is 0.0818. The number of ketones is 1.